The molecule has 0 aliphatic carbocycles. The minimum absolute atomic E-state index is 0.0641. The van der Waals surface area contributed by atoms with Gasteiger partial charge in [0.1, 0.15) is 11.9 Å². The molecule has 7 heteroatoms. The molecular weight excluding hydrogens is 508 g/mol. The number of carboxylic acids is 1. The largest absolute Gasteiger partial charge is 0.497 e. The van der Waals surface area contributed by atoms with Crippen LogP contribution in [-0.2, 0) is 14.0 Å². The molecule has 0 fully saturated rings. The third kappa shape index (κ3) is 10.9. The third-order valence-electron chi connectivity index (χ3n) is 8.33. The third-order valence-corrected chi connectivity index (χ3v) is 13.0. The standard InChI is InChI=1S/C32H54O6Si/c1-11-39(12-2,13-3)38-30(25(6)28(33)19-20-32(7,8)22-24(5)31(34)35)23(4)17-18-29(37-10)26-15-14-16-27(21-26)36-9/h14-16,21,23-25,28-30,33H,11-13,17-18,22H2,1-10H3,(H,34,35)/t23-,24+,25-,28?,29-,30+/m0/s1. The molecule has 1 aromatic carbocycles. The molecule has 1 unspecified atom stereocenters. The molecule has 6 atom stereocenters. The van der Waals surface area contributed by atoms with Gasteiger partial charge in [-0.05, 0) is 74.9 Å². The van der Waals surface area contributed by atoms with E-state index in [4.69, 9.17) is 13.9 Å². The fraction of sp³-hybridized carbons (Fsp3) is 0.719. The van der Waals surface area contributed by atoms with Crippen molar-refractivity contribution in [3.8, 4) is 17.6 Å². The van der Waals surface area contributed by atoms with Crippen LogP contribution in [0.2, 0.25) is 18.1 Å². The van der Waals surface area contributed by atoms with E-state index in [0.29, 0.717) is 6.42 Å². The molecule has 0 heterocycles. The Bertz CT molecular complexity index is 924. The van der Waals surface area contributed by atoms with Crippen LogP contribution in [0, 0.1) is 35.0 Å². The average molecular weight is 563 g/mol. The fourth-order valence-electron chi connectivity index (χ4n) is 5.36. The van der Waals surface area contributed by atoms with Gasteiger partial charge in [0.15, 0.2) is 8.32 Å². The number of methoxy groups -OCH3 is 2. The van der Waals surface area contributed by atoms with E-state index < -0.39 is 31.7 Å². The Hall–Kier alpha value is -1.85. The molecule has 0 aliphatic heterocycles. The lowest BCUT2D eigenvalue weighted by Gasteiger charge is -2.40. The van der Waals surface area contributed by atoms with Gasteiger partial charge in [0.2, 0.25) is 0 Å². The van der Waals surface area contributed by atoms with E-state index >= 15 is 0 Å². The topological polar surface area (TPSA) is 85.2 Å². The van der Waals surface area contributed by atoms with Crippen molar-refractivity contribution in [1.29, 1.82) is 0 Å². The number of rotatable bonds is 17. The highest BCUT2D eigenvalue weighted by molar-refractivity contribution is 6.73. The van der Waals surface area contributed by atoms with Crippen molar-refractivity contribution in [3.63, 3.8) is 0 Å². The molecule has 0 aromatic heterocycles. The first-order valence-corrected chi connectivity index (χ1v) is 17.1. The number of aliphatic hydroxyl groups excluding tert-OH is 1. The van der Waals surface area contributed by atoms with Gasteiger partial charge in [-0.1, -0.05) is 65.5 Å². The van der Waals surface area contributed by atoms with Crippen molar-refractivity contribution in [1.82, 2.24) is 0 Å². The lowest BCUT2D eigenvalue weighted by Crippen LogP contribution is -2.46. The summed E-state index contributed by atoms with van der Waals surface area (Å²) >= 11 is 0. The highest BCUT2D eigenvalue weighted by Crippen LogP contribution is 2.34. The van der Waals surface area contributed by atoms with Gasteiger partial charge in [-0.2, -0.15) is 0 Å². The predicted octanol–water partition coefficient (Wildman–Crippen LogP) is 7.33. The smallest absolute Gasteiger partial charge is 0.306 e. The molecule has 6 nitrogen and oxygen atoms in total. The first-order valence-electron chi connectivity index (χ1n) is 14.6. The molecule has 39 heavy (non-hydrogen) atoms. The van der Waals surface area contributed by atoms with Crippen molar-refractivity contribution in [2.24, 2.45) is 23.2 Å². The van der Waals surface area contributed by atoms with Gasteiger partial charge in [0, 0.05) is 18.4 Å². The summed E-state index contributed by atoms with van der Waals surface area (Å²) in [5, 5.41) is 20.5. The number of ether oxygens (including phenoxy) is 2. The summed E-state index contributed by atoms with van der Waals surface area (Å²) in [5.41, 5.74) is 0.565. The Balaban J connectivity index is 3.17. The number of carboxylic acid groups (broad SMARTS) is 1. The molecule has 0 spiro atoms. The van der Waals surface area contributed by atoms with Gasteiger partial charge in [-0.15, -0.1) is 0 Å². The predicted molar refractivity (Wildman–Crippen MR) is 161 cm³/mol. The van der Waals surface area contributed by atoms with Crippen molar-refractivity contribution in [2.75, 3.05) is 14.2 Å². The zero-order valence-electron chi connectivity index (χ0n) is 26.0. The summed E-state index contributed by atoms with van der Waals surface area (Å²) in [6, 6.07) is 11.1. The Labute approximate surface area is 239 Å². The van der Waals surface area contributed by atoms with E-state index in [1.165, 1.54) is 0 Å². The maximum atomic E-state index is 11.3. The van der Waals surface area contributed by atoms with Gasteiger partial charge in [-0.3, -0.25) is 4.79 Å². The SMILES string of the molecule is CC[Si](CC)(CC)O[C@H]([C@@H](C)CC[C@H](OC)c1cccc(OC)c1)[C@@H](C)C(O)C#CC(C)(C)C[C@@H](C)C(=O)O. The molecular formula is C32H54O6Si. The average Bonchev–Trinajstić information content (AvgIpc) is 2.92. The molecule has 0 amide bonds. The normalized spacial score (nSPS) is 16.8. The van der Waals surface area contributed by atoms with Gasteiger partial charge in [-0.25, -0.2) is 0 Å². The lowest BCUT2D eigenvalue weighted by molar-refractivity contribution is -0.141. The van der Waals surface area contributed by atoms with Crippen LogP contribution in [0.3, 0.4) is 0 Å². The molecule has 222 valence electrons. The van der Waals surface area contributed by atoms with Crippen molar-refractivity contribution in [2.45, 2.75) is 111 Å². The Kier molecular flexibility index (Phi) is 14.8. The molecule has 1 rings (SSSR count). The number of aliphatic carboxylic acids is 1. The molecule has 0 radical (unpaired) electrons. The molecule has 0 saturated carbocycles. The number of hydrogen-bond donors (Lipinski definition) is 2. The number of carbonyl (C=O) groups is 1. The van der Waals surface area contributed by atoms with Crippen molar-refractivity contribution < 1.29 is 28.9 Å². The van der Waals surface area contributed by atoms with Crippen LogP contribution in [0.1, 0.15) is 86.3 Å². The summed E-state index contributed by atoms with van der Waals surface area (Å²) < 4.78 is 18.3. The highest BCUT2D eigenvalue weighted by atomic mass is 28.4. The monoisotopic (exact) mass is 562 g/mol. The molecule has 0 bridgehead atoms. The quantitative estimate of drug-likeness (QED) is 0.153. The second-order valence-corrected chi connectivity index (χ2v) is 16.5. The van der Waals surface area contributed by atoms with Gasteiger partial charge >= 0.3 is 5.97 Å². The van der Waals surface area contributed by atoms with Crippen LogP contribution in [-0.4, -0.2) is 50.9 Å². The van der Waals surface area contributed by atoms with Gasteiger partial charge in [0.25, 0.3) is 0 Å². The van der Waals surface area contributed by atoms with Crippen LogP contribution in [0.5, 0.6) is 5.75 Å². The lowest BCUT2D eigenvalue weighted by atomic mass is 9.82. The van der Waals surface area contributed by atoms with Crippen LogP contribution in [0.4, 0.5) is 0 Å². The fourth-order valence-corrected chi connectivity index (χ4v) is 8.38. The van der Waals surface area contributed by atoms with Crippen molar-refractivity contribution in [3.05, 3.63) is 29.8 Å². The van der Waals surface area contributed by atoms with E-state index in [0.717, 1.165) is 42.3 Å². The molecule has 2 N–H and O–H groups in total. The minimum Gasteiger partial charge on any atom is -0.497 e. The molecule has 0 aliphatic rings. The zero-order valence-corrected chi connectivity index (χ0v) is 27.0. The Morgan fingerprint density at radius 3 is 2.18 bits per heavy atom. The van der Waals surface area contributed by atoms with E-state index in [1.807, 2.05) is 39.0 Å². The second kappa shape index (κ2) is 16.4. The highest BCUT2D eigenvalue weighted by Gasteiger charge is 2.38. The Morgan fingerprint density at radius 1 is 1.05 bits per heavy atom. The second-order valence-electron chi connectivity index (χ2n) is 11.8. The summed E-state index contributed by atoms with van der Waals surface area (Å²) in [6.07, 6.45) is 1.03. The number of aliphatic hydroxyl groups is 1. The number of benzene rings is 1. The van der Waals surface area contributed by atoms with E-state index in [-0.39, 0.29) is 24.0 Å². The van der Waals surface area contributed by atoms with Crippen LogP contribution >= 0.6 is 0 Å². The van der Waals surface area contributed by atoms with Crippen LogP contribution in [0.25, 0.3) is 0 Å². The first kappa shape index (κ1) is 35.2. The van der Waals surface area contributed by atoms with Crippen LogP contribution in [0.15, 0.2) is 24.3 Å². The van der Waals surface area contributed by atoms with Gasteiger partial charge in [0.05, 0.1) is 25.2 Å². The molecule has 1 aromatic rings. The molecule has 0 saturated heterocycles. The zero-order chi connectivity index (χ0) is 29.8. The number of hydrogen-bond acceptors (Lipinski definition) is 5. The van der Waals surface area contributed by atoms with Gasteiger partial charge < -0.3 is 24.1 Å². The maximum absolute atomic E-state index is 11.3. The Morgan fingerprint density at radius 2 is 1.67 bits per heavy atom. The minimum atomic E-state index is -1.96. The first-order chi connectivity index (χ1) is 18.3. The van der Waals surface area contributed by atoms with E-state index in [1.54, 1.807) is 21.1 Å². The van der Waals surface area contributed by atoms with E-state index in [9.17, 15) is 15.0 Å². The summed E-state index contributed by atoms with van der Waals surface area (Å²) in [4.78, 5) is 11.3. The maximum Gasteiger partial charge on any atom is 0.306 e. The summed E-state index contributed by atoms with van der Waals surface area (Å²) in [7, 11) is 1.44. The summed E-state index contributed by atoms with van der Waals surface area (Å²) in [6.45, 7) is 16.5. The van der Waals surface area contributed by atoms with Crippen LogP contribution < -0.4 is 4.74 Å². The summed E-state index contributed by atoms with van der Waals surface area (Å²) in [5.74, 6) is 5.70. The van der Waals surface area contributed by atoms with Crippen molar-refractivity contribution >= 4 is 14.3 Å². The van der Waals surface area contributed by atoms with E-state index in [2.05, 4.69) is 45.6 Å².